The number of urea groups is 1. The summed E-state index contributed by atoms with van der Waals surface area (Å²) in [7, 11) is 0. The van der Waals surface area contributed by atoms with Crippen LogP contribution in [-0.4, -0.2) is 46.4 Å². The number of aromatic nitrogens is 1. The number of amides is 4. The van der Waals surface area contributed by atoms with Crippen LogP contribution < -0.4 is 10.6 Å². The summed E-state index contributed by atoms with van der Waals surface area (Å²) < 4.78 is 0.715. The second-order valence-electron chi connectivity index (χ2n) is 5.21. The van der Waals surface area contributed by atoms with Crippen molar-refractivity contribution >= 4 is 33.8 Å². The molecule has 2 aliphatic rings. The molecule has 0 aromatic carbocycles. The maximum atomic E-state index is 12.5. The van der Waals surface area contributed by atoms with Crippen molar-refractivity contribution in [1.29, 1.82) is 0 Å². The van der Waals surface area contributed by atoms with Crippen LogP contribution in [0.25, 0.3) is 0 Å². The molecule has 0 bridgehead atoms. The third-order valence-electron chi connectivity index (χ3n) is 3.75. The first-order valence-corrected chi connectivity index (χ1v) is 7.33. The fourth-order valence-electron chi connectivity index (χ4n) is 2.76. The number of carbonyl (C=O) groups is 3. The van der Waals surface area contributed by atoms with E-state index in [1.807, 2.05) is 0 Å². The molecule has 2 saturated heterocycles. The van der Waals surface area contributed by atoms with Gasteiger partial charge in [-0.3, -0.25) is 19.9 Å². The third-order valence-corrected chi connectivity index (χ3v) is 4.18. The average Bonchev–Trinajstić information content (AvgIpc) is 2.72. The highest BCUT2D eigenvalue weighted by Gasteiger charge is 2.49. The Bertz CT molecular complexity index is 636. The number of nitrogens with one attached hydrogen (secondary N) is 2. The summed E-state index contributed by atoms with van der Waals surface area (Å²) in [6.45, 7) is 0.728. The number of piperidine rings is 1. The van der Waals surface area contributed by atoms with Crippen LogP contribution in [0.2, 0.25) is 0 Å². The number of likely N-dealkylation sites (tertiary alicyclic amines) is 1. The van der Waals surface area contributed by atoms with Gasteiger partial charge in [0.2, 0.25) is 0 Å². The van der Waals surface area contributed by atoms with Crippen LogP contribution in [0.15, 0.2) is 22.9 Å². The van der Waals surface area contributed by atoms with Gasteiger partial charge in [0, 0.05) is 23.4 Å². The normalized spacial score (nSPS) is 24.9. The zero-order valence-electron chi connectivity index (χ0n) is 11.1. The molecule has 4 amide bonds. The maximum absolute atomic E-state index is 12.5. The van der Waals surface area contributed by atoms with Gasteiger partial charge in [0.1, 0.15) is 5.54 Å². The van der Waals surface area contributed by atoms with Crippen molar-refractivity contribution in [2.75, 3.05) is 13.1 Å². The molecule has 21 heavy (non-hydrogen) atoms. The van der Waals surface area contributed by atoms with Gasteiger partial charge in [-0.25, -0.2) is 4.79 Å². The highest BCUT2D eigenvalue weighted by Crippen LogP contribution is 2.25. The number of imide groups is 1. The lowest BCUT2D eigenvalue weighted by Crippen LogP contribution is -2.59. The summed E-state index contributed by atoms with van der Waals surface area (Å²) in [5, 5.41) is 4.89. The fraction of sp³-hybridized carbons (Fsp3) is 0.385. The predicted molar refractivity (Wildman–Crippen MR) is 76.5 cm³/mol. The van der Waals surface area contributed by atoms with Crippen LogP contribution in [0.1, 0.15) is 23.2 Å². The summed E-state index contributed by atoms with van der Waals surface area (Å²) in [5.74, 6) is -0.561. The minimum atomic E-state index is -0.996. The van der Waals surface area contributed by atoms with Crippen molar-refractivity contribution in [3.8, 4) is 0 Å². The Morgan fingerprint density at radius 3 is 2.86 bits per heavy atom. The van der Waals surface area contributed by atoms with E-state index in [0.717, 1.165) is 0 Å². The van der Waals surface area contributed by atoms with Crippen LogP contribution in [0.5, 0.6) is 0 Å². The first kappa shape index (κ1) is 14.0. The fourth-order valence-corrected chi connectivity index (χ4v) is 3.12. The molecular formula is C13H13BrN4O3. The number of hydrogen-bond donors (Lipinski definition) is 2. The number of hydrogen-bond acceptors (Lipinski definition) is 4. The van der Waals surface area contributed by atoms with Gasteiger partial charge >= 0.3 is 6.03 Å². The standard InChI is InChI=1S/C13H13BrN4O3/c14-9-4-8(5-15-6-9)10(19)18-3-1-2-13(7-18)11(20)16-12(21)17-13/h4-6H,1-3,7H2,(H2,16,17,20,21)/t13-/m1/s1. The molecule has 8 heteroatoms. The zero-order chi connectivity index (χ0) is 15.0. The Hall–Kier alpha value is -1.96. The van der Waals surface area contributed by atoms with Gasteiger partial charge < -0.3 is 10.2 Å². The molecule has 0 aliphatic carbocycles. The van der Waals surface area contributed by atoms with Crippen molar-refractivity contribution in [3.63, 3.8) is 0 Å². The Kier molecular flexibility index (Phi) is 3.40. The van der Waals surface area contributed by atoms with E-state index in [1.54, 1.807) is 17.2 Å². The van der Waals surface area contributed by atoms with Crippen molar-refractivity contribution in [2.45, 2.75) is 18.4 Å². The van der Waals surface area contributed by atoms with E-state index in [4.69, 9.17) is 0 Å². The highest BCUT2D eigenvalue weighted by molar-refractivity contribution is 9.10. The van der Waals surface area contributed by atoms with E-state index in [1.165, 1.54) is 6.20 Å². The lowest BCUT2D eigenvalue weighted by atomic mass is 9.89. The van der Waals surface area contributed by atoms with Crippen LogP contribution >= 0.6 is 15.9 Å². The summed E-state index contributed by atoms with van der Waals surface area (Å²) in [5.41, 5.74) is -0.545. The molecule has 2 N–H and O–H groups in total. The number of halogens is 1. The molecule has 1 atom stereocenters. The minimum Gasteiger partial charge on any atom is -0.336 e. The third kappa shape index (κ3) is 2.51. The van der Waals surface area contributed by atoms with E-state index in [-0.39, 0.29) is 18.4 Å². The largest absolute Gasteiger partial charge is 0.336 e. The monoisotopic (exact) mass is 352 g/mol. The lowest BCUT2D eigenvalue weighted by Gasteiger charge is -2.38. The molecule has 2 fully saturated rings. The molecule has 1 aromatic rings. The van der Waals surface area contributed by atoms with Gasteiger partial charge in [0.15, 0.2) is 0 Å². The van der Waals surface area contributed by atoms with E-state index in [9.17, 15) is 14.4 Å². The SMILES string of the molecule is O=C1NC(=O)[C@]2(CCCN(C(=O)c3cncc(Br)c3)C2)N1. The van der Waals surface area contributed by atoms with E-state index in [2.05, 4.69) is 31.5 Å². The van der Waals surface area contributed by atoms with Gasteiger partial charge in [0.05, 0.1) is 12.1 Å². The Labute approximate surface area is 129 Å². The highest BCUT2D eigenvalue weighted by atomic mass is 79.9. The quantitative estimate of drug-likeness (QED) is 0.726. The van der Waals surface area contributed by atoms with Crippen molar-refractivity contribution in [3.05, 3.63) is 28.5 Å². The van der Waals surface area contributed by atoms with Gasteiger partial charge in [-0.1, -0.05) is 0 Å². The Morgan fingerprint density at radius 1 is 1.38 bits per heavy atom. The molecule has 1 aromatic heterocycles. The van der Waals surface area contributed by atoms with Crippen LogP contribution in [0.4, 0.5) is 4.79 Å². The topological polar surface area (TPSA) is 91.4 Å². The zero-order valence-corrected chi connectivity index (χ0v) is 12.6. The molecule has 3 heterocycles. The summed E-state index contributed by atoms with van der Waals surface area (Å²) in [6.07, 6.45) is 4.27. The Morgan fingerprint density at radius 2 is 2.19 bits per heavy atom. The van der Waals surface area contributed by atoms with Crippen LogP contribution in [0.3, 0.4) is 0 Å². The molecule has 110 valence electrons. The molecule has 1 spiro atoms. The minimum absolute atomic E-state index is 0.177. The number of rotatable bonds is 1. The summed E-state index contributed by atoms with van der Waals surface area (Å²) in [6, 6.07) is 1.18. The van der Waals surface area contributed by atoms with Crippen LogP contribution in [0, 0.1) is 0 Å². The number of carbonyl (C=O) groups excluding carboxylic acids is 3. The molecule has 3 rings (SSSR count). The molecule has 2 aliphatic heterocycles. The van der Waals surface area contributed by atoms with Crippen molar-refractivity contribution < 1.29 is 14.4 Å². The smallest absolute Gasteiger partial charge is 0.322 e. The first-order chi connectivity index (χ1) is 10.00. The van der Waals surface area contributed by atoms with Gasteiger partial charge in [-0.05, 0) is 34.8 Å². The molecule has 0 radical (unpaired) electrons. The van der Waals surface area contributed by atoms with Crippen molar-refractivity contribution in [2.24, 2.45) is 0 Å². The summed E-state index contributed by atoms with van der Waals surface area (Å²) >= 11 is 3.28. The van der Waals surface area contributed by atoms with Crippen LogP contribution in [-0.2, 0) is 4.79 Å². The number of nitrogens with zero attached hydrogens (tertiary/aromatic N) is 2. The van der Waals surface area contributed by atoms with E-state index >= 15 is 0 Å². The maximum Gasteiger partial charge on any atom is 0.322 e. The van der Waals surface area contributed by atoms with Gasteiger partial charge in [-0.15, -0.1) is 0 Å². The van der Waals surface area contributed by atoms with Gasteiger partial charge in [-0.2, -0.15) is 0 Å². The molecular weight excluding hydrogens is 340 g/mol. The van der Waals surface area contributed by atoms with E-state index in [0.29, 0.717) is 29.4 Å². The molecule has 0 saturated carbocycles. The Balaban J connectivity index is 1.82. The first-order valence-electron chi connectivity index (χ1n) is 6.54. The van der Waals surface area contributed by atoms with Crippen molar-refractivity contribution in [1.82, 2.24) is 20.5 Å². The number of pyridine rings is 1. The average molecular weight is 353 g/mol. The second kappa shape index (κ2) is 5.10. The van der Waals surface area contributed by atoms with E-state index < -0.39 is 11.6 Å². The molecule has 7 nitrogen and oxygen atoms in total. The summed E-state index contributed by atoms with van der Waals surface area (Å²) in [4.78, 5) is 41.4. The predicted octanol–water partition coefficient (Wildman–Crippen LogP) is 0.658. The molecule has 0 unspecified atom stereocenters. The van der Waals surface area contributed by atoms with Gasteiger partial charge in [0.25, 0.3) is 11.8 Å². The lowest BCUT2D eigenvalue weighted by molar-refractivity contribution is -0.125. The second-order valence-corrected chi connectivity index (χ2v) is 6.13.